The Hall–Kier alpha value is -1.78. The smallest absolute Gasteiger partial charge is 0.158 e. The van der Waals surface area contributed by atoms with E-state index in [0.29, 0.717) is 19.3 Å². The van der Waals surface area contributed by atoms with Crippen LogP contribution in [-0.4, -0.2) is 61.8 Å². The fourth-order valence-electron chi connectivity index (χ4n) is 4.66. The van der Waals surface area contributed by atoms with Gasteiger partial charge in [0.25, 0.3) is 0 Å². The molecule has 4 nitrogen and oxygen atoms in total. The summed E-state index contributed by atoms with van der Waals surface area (Å²) >= 11 is 0. The lowest BCUT2D eigenvalue weighted by atomic mass is 9.77. The Bertz CT molecular complexity index is 704. The topological polar surface area (TPSA) is 24.9 Å². The van der Waals surface area contributed by atoms with Crippen molar-refractivity contribution in [3.8, 4) is 0 Å². The summed E-state index contributed by atoms with van der Waals surface area (Å²) < 4.78 is 11.7. The molecule has 0 saturated carbocycles. The molecule has 132 valence electrons. The van der Waals surface area contributed by atoms with E-state index in [0.717, 1.165) is 50.0 Å². The van der Waals surface area contributed by atoms with Gasteiger partial charge in [-0.15, -0.1) is 0 Å². The fourth-order valence-corrected chi connectivity index (χ4v) is 4.66. The minimum Gasteiger partial charge on any atom is -0.489 e. The molecule has 2 atom stereocenters. The molecule has 4 aliphatic rings. The minimum absolute atomic E-state index is 0.367. The van der Waals surface area contributed by atoms with Gasteiger partial charge in [-0.2, -0.15) is 0 Å². The van der Waals surface area contributed by atoms with E-state index in [1.165, 1.54) is 13.0 Å². The van der Waals surface area contributed by atoms with Crippen molar-refractivity contribution in [3.05, 3.63) is 59.1 Å². The van der Waals surface area contributed by atoms with Gasteiger partial charge in [-0.3, -0.25) is 4.90 Å². The summed E-state index contributed by atoms with van der Waals surface area (Å²) in [5.74, 6) is 2.76. The molecule has 1 saturated heterocycles. The zero-order valence-corrected chi connectivity index (χ0v) is 14.7. The van der Waals surface area contributed by atoms with E-state index in [1.54, 1.807) is 11.1 Å². The third kappa shape index (κ3) is 2.87. The van der Waals surface area contributed by atoms with Crippen LogP contribution in [0.15, 0.2) is 47.9 Å². The Morgan fingerprint density at radius 3 is 2.72 bits per heavy atom. The van der Waals surface area contributed by atoms with Gasteiger partial charge in [-0.1, -0.05) is 30.3 Å². The molecule has 0 radical (unpaired) electrons. The summed E-state index contributed by atoms with van der Waals surface area (Å²) in [7, 11) is 0. The number of allylic oxidation sites excluding steroid dienone is 1. The predicted molar refractivity (Wildman–Crippen MR) is 97.4 cm³/mol. The standard InChI is InChI=1S/C21H26N2O2/c1-2-5-18-16(4-1)14-17(18)15-22-8-10-23(11-9-22)19-6-3-7-20-21(19)25-13-12-24-20/h1-5,7,17,19H,6,8-15H2. The van der Waals surface area contributed by atoms with E-state index in [1.807, 2.05) is 0 Å². The lowest BCUT2D eigenvalue weighted by Crippen LogP contribution is -2.52. The maximum Gasteiger partial charge on any atom is 0.158 e. The van der Waals surface area contributed by atoms with Gasteiger partial charge >= 0.3 is 0 Å². The first kappa shape index (κ1) is 15.5. The molecule has 25 heavy (non-hydrogen) atoms. The molecule has 5 rings (SSSR count). The maximum absolute atomic E-state index is 5.95. The van der Waals surface area contributed by atoms with Crippen LogP contribution in [0.2, 0.25) is 0 Å². The van der Waals surface area contributed by atoms with Crippen molar-refractivity contribution in [2.45, 2.75) is 24.8 Å². The third-order valence-electron chi connectivity index (χ3n) is 6.06. The zero-order valence-electron chi connectivity index (χ0n) is 14.7. The van der Waals surface area contributed by atoms with Gasteiger partial charge in [0.2, 0.25) is 0 Å². The normalized spacial score (nSPS) is 29.3. The van der Waals surface area contributed by atoms with Gasteiger partial charge in [0.05, 0.1) is 6.04 Å². The third-order valence-corrected chi connectivity index (χ3v) is 6.06. The number of rotatable bonds is 3. The highest BCUT2D eigenvalue weighted by Gasteiger charge is 2.34. The maximum atomic E-state index is 5.95. The van der Waals surface area contributed by atoms with Gasteiger partial charge in [0, 0.05) is 38.6 Å². The monoisotopic (exact) mass is 338 g/mol. The lowest BCUT2D eigenvalue weighted by Gasteiger charge is -2.43. The van der Waals surface area contributed by atoms with Crippen LogP contribution >= 0.6 is 0 Å². The summed E-state index contributed by atoms with van der Waals surface area (Å²) in [5, 5.41) is 0. The van der Waals surface area contributed by atoms with E-state index >= 15 is 0 Å². The zero-order chi connectivity index (χ0) is 16.6. The SMILES string of the molecule is C1=CC2=C(OCCO2)C(N2CCN(CC3Cc4ccccc43)CC2)C1. The number of nitrogens with zero attached hydrogens (tertiary/aromatic N) is 2. The van der Waals surface area contributed by atoms with Crippen LogP contribution in [0.1, 0.15) is 23.5 Å². The van der Waals surface area contributed by atoms with E-state index < -0.39 is 0 Å². The van der Waals surface area contributed by atoms with E-state index in [4.69, 9.17) is 9.47 Å². The average molecular weight is 338 g/mol. The number of benzene rings is 1. The summed E-state index contributed by atoms with van der Waals surface area (Å²) in [6, 6.07) is 9.29. The van der Waals surface area contributed by atoms with Crippen LogP contribution in [0.5, 0.6) is 0 Å². The Morgan fingerprint density at radius 1 is 1.00 bits per heavy atom. The van der Waals surface area contributed by atoms with Crippen LogP contribution in [0.25, 0.3) is 0 Å². The molecular weight excluding hydrogens is 312 g/mol. The molecule has 1 aromatic carbocycles. The summed E-state index contributed by atoms with van der Waals surface area (Å²) in [6.07, 6.45) is 6.61. The number of fused-ring (bicyclic) bond motifs is 1. The van der Waals surface area contributed by atoms with Crippen molar-refractivity contribution in [3.63, 3.8) is 0 Å². The van der Waals surface area contributed by atoms with Crippen LogP contribution in [0, 0.1) is 0 Å². The first-order chi connectivity index (χ1) is 12.4. The van der Waals surface area contributed by atoms with Gasteiger partial charge < -0.3 is 14.4 Å². The van der Waals surface area contributed by atoms with Crippen molar-refractivity contribution < 1.29 is 9.47 Å². The minimum atomic E-state index is 0.367. The quantitative estimate of drug-likeness (QED) is 0.846. The second kappa shape index (κ2) is 6.50. The molecule has 2 aliphatic heterocycles. The molecule has 0 aromatic heterocycles. The molecule has 0 spiro atoms. The first-order valence-electron chi connectivity index (χ1n) is 9.59. The molecular formula is C21H26N2O2. The van der Waals surface area contributed by atoms with E-state index in [9.17, 15) is 0 Å². The highest BCUT2D eigenvalue weighted by atomic mass is 16.6. The van der Waals surface area contributed by atoms with Crippen LogP contribution < -0.4 is 0 Å². The Morgan fingerprint density at radius 2 is 1.84 bits per heavy atom. The van der Waals surface area contributed by atoms with Crippen molar-refractivity contribution in [2.24, 2.45) is 0 Å². The Labute approximate surface area is 149 Å². The number of hydrogen-bond donors (Lipinski definition) is 0. The van der Waals surface area contributed by atoms with Crippen molar-refractivity contribution in [2.75, 3.05) is 45.9 Å². The second-order valence-electron chi connectivity index (χ2n) is 7.52. The predicted octanol–water partition coefficient (Wildman–Crippen LogP) is 2.53. The Kier molecular flexibility index (Phi) is 4.03. The lowest BCUT2D eigenvalue weighted by molar-refractivity contribution is 0.0202. The van der Waals surface area contributed by atoms with Crippen LogP contribution in [0.4, 0.5) is 0 Å². The summed E-state index contributed by atoms with van der Waals surface area (Å²) in [5.41, 5.74) is 3.12. The summed E-state index contributed by atoms with van der Waals surface area (Å²) in [6.45, 7) is 7.12. The molecule has 0 N–H and O–H groups in total. The highest BCUT2D eigenvalue weighted by molar-refractivity contribution is 5.40. The van der Waals surface area contributed by atoms with Gasteiger partial charge in [-0.05, 0) is 30.0 Å². The highest BCUT2D eigenvalue weighted by Crippen LogP contribution is 2.35. The van der Waals surface area contributed by atoms with Crippen LogP contribution in [0.3, 0.4) is 0 Å². The largest absolute Gasteiger partial charge is 0.489 e. The molecule has 2 unspecified atom stereocenters. The van der Waals surface area contributed by atoms with Crippen LogP contribution in [-0.2, 0) is 15.9 Å². The number of piperazine rings is 1. The molecule has 1 aromatic rings. The Balaban J connectivity index is 1.18. The van der Waals surface area contributed by atoms with E-state index in [-0.39, 0.29) is 0 Å². The number of ether oxygens (including phenoxy) is 2. The average Bonchev–Trinajstić information content (AvgIpc) is 2.66. The molecule has 2 heterocycles. The molecule has 0 bridgehead atoms. The van der Waals surface area contributed by atoms with Crippen molar-refractivity contribution in [1.29, 1.82) is 0 Å². The van der Waals surface area contributed by atoms with Gasteiger partial charge in [0.1, 0.15) is 13.2 Å². The van der Waals surface area contributed by atoms with Crippen molar-refractivity contribution >= 4 is 0 Å². The molecule has 4 heteroatoms. The fraction of sp³-hybridized carbons (Fsp3) is 0.524. The molecule has 1 fully saturated rings. The molecule has 0 amide bonds. The van der Waals surface area contributed by atoms with Gasteiger partial charge in [-0.25, -0.2) is 0 Å². The van der Waals surface area contributed by atoms with Gasteiger partial charge in [0.15, 0.2) is 11.5 Å². The first-order valence-corrected chi connectivity index (χ1v) is 9.59. The van der Waals surface area contributed by atoms with E-state index in [2.05, 4.69) is 46.2 Å². The second-order valence-corrected chi connectivity index (χ2v) is 7.52. The summed E-state index contributed by atoms with van der Waals surface area (Å²) in [4.78, 5) is 5.22. The number of hydrogen-bond acceptors (Lipinski definition) is 4. The van der Waals surface area contributed by atoms with Crippen molar-refractivity contribution in [1.82, 2.24) is 9.80 Å². The molecule has 2 aliphatic carbocycles.